The number of rotatable bonds is 3. The predicted octanol–water partition coefficient (Wildman–Crippen LogP) is 1.93. The van der Waals surface area contributed by atoms with Gasteiger partial charge in [0.1, 0.15) is 0 Å². The van der Waals surface area contributed by atoms with Crippen molar-refractivity contribution in [3.05, 3.63) is 47.5 Å². The Bertz CT molecular complexity index is 468. The second kappa shape index (κ2) is 4.47. The maximum Gasteiger partial charge on any atom is 0.283 e. The number of hydrogen-bond acceptors (Lipinski definition) is 2. The summed E-state index contributed by atoms with van der Waals surface area (Å²) in [5.74, 6) is 0. The van der Waals surface area contributed by atoms with Crippen molar-refractivity contribution in [2.24, 2.45) is 0 Å². The lowest BCUT2D eigenvalue weighted by molar-refractivity contribution is 0.282. The molecule has 0 bridgehead atoms. The van der Waals surface area contributed by atoms with E-state index in [0.29, 0.717) is 6.61 Å². The van der Waals surface area contributed by atoms with Crippen molar-refractivity contribution >= 4 is 18.8 Å². The highest BCUT2D eigenvalue weighted by Crippen LogP contribution is 2.18. The maximum atomic E-state index is 9.00. The molecule has 2 rings (SSSR count). The van der Waals surface area contributed by atoms with E-state index in [1.807, 2.05) is 36.4 Å². The SMILES string of the molecule is [B]OCc1ccc2cc(CO)ccc2c1. The van der Waals surface area contributed by atoms with Gasteiger partial charge in [0.2, 0.25) is 0 Å². The van der Waals surface area contributed by atoms with Crippen LogP contribution in [0.4, 0.5) is 0 Å². The first-order valence-corrected chi connectivity index (χ1v) is 4.77. The van der Waals surface area contributed by atoms with Crippen LogP contribution in [0.25, 0.3) is 10.8 Å². The fraction of sp³-hybridized carbons (Fsp3) is 0.167. The van der Waals surface area contributed by atoms with Crippen LogP contribution in [-0.4, -0.2) is 13.2 Å². The summed E-state index contributed by atoms with van der Waals surface area (Å²) >= 11 is 0. The summed E-state index contributed by atoms with van der Waals surface area (Å²) in [5, 5.41) is 11.2. The van der Waals surface area contributed by atoms with Gasteiger partial charge >= 0.3 is 0 Å². The summed E-state index contributed by atoms with van der Waals surface area (Å²) in [4.78, 5) is 0. The lowest BCUT2D eigenvalue weighted by Crippen LogP contribution is -1.89. The van der Waals surface area contributed by atoms with E-state index >= 15 is 0 Å². The number of aliphatic hydroxyl groups excluding tert-OH is 1. The van der Waals surface area contributed by atoms with Crippen molar-refractivity contribution in [3.63, 3.8) is 0 Å². The average Bonchev–Trinajstić information content (AvgIpc) is 2.29. The predicted molar refractivity (Wildman–Crippen MR) is 60.4 cm³/mol. The van der Waals surface area contributed by atoms with Crippen LogP contribution in [0.5, 0.6) is 0 Å². The van der Waals surface area contributed by atoms with Crippen LogP contribution >= 0.6 is 0 Å². The molecule has 0 fully saturated rings. The lowest BCUT2D eigenvalue weighted by atomic mass is 10.0. The van der Waals surface area contributed by atoms with Crippen LogP contribution in [0, 0.1) is 0 Å². The molecule has 0 saturated carbocycles. The first-order valence-electron chi connectivity index (χ1n) is 4.77. The molecule has 2 nitrogen and oxygen atoms in total. The minimum atomic E-state index is 0.0730. The molecule has 15 heavy (non-hydrogen) atoms. The van der Waals surface area contributed by atoms with Crippen LogP contribution in [0.3, 0.4) is 0 Å². The molecule has 0 spiro atoms. The second-order valence-corrected chi connectivity index (χ2v) is 3.48. The Labute approximate surface area is 89.9 Å². The zero-order valence-electron chi connectivity index (χ0n) is 8.31. The molecule has 0 amide bonds. The van der Waals surface area contributed by atoms with E-state index < -0.39 is 0 Å². The van der Waals surface area contributed by atoms with Crippen LogP contribution in [0.1, 0.15) is 11.1 Å². The van der Waals surface area contributed by atoms with E-state index in [1.54, 1.807) is 0 Å². The highest BCUT2D eigenvalue weighted by molar-refractivity contribution is 5.97. The van der Waals surface area contributed by atoms with Crippen LogP contribution in [0.2, 0.25) is 0 Å². The topological polar surface area (TPSA) is 29.5 Å². The number of aliphatic hydroxyl groups is 1. The molecule has 0 aromatic heterocycles. The van der Waals surface area contributed by atoms with Crippen LogP contribution in [0.15, 0.2) is 36.4 Å². The summed E-state index contributed by atoms with van der Waals surface area (Å²) in [7, 11) is 5.02. The van der Waals surface area contributed by atoms with Gasteiger partial charge in [0.25, 0.3) is 8.05 Å². The third kappa shape index (κ3) is 2.20. The van der Waals surface area contributed by atoms with E-state index in [9.17, 15) is 0 Å². The Balaban J connectivity index is 2.45. The van der Waals surface area contributed by atoms with E-state index in [1.165, 1.54) is 0 Å². The lowest BCUT2D eigenvalue weighted by Gasteiger charge is -2.04. The molecule has 0 heterocycles. The first-order chi connectivity index (χ1) is 7.33. The van der Waals surface area contributed by atoms with Crippen LogP contribution in [-0.2, 0) is 17.9 Å². The van der Waals surface area contributed by atoms with E-state index in [4.69, 9.17) is 13.2 Å². The summed E-state index contributed by atoms with van der Waals surface area (Å²) in [5.41, 5.74) is 1.96. The Kier molecular flexibility index (Phi) is 3.04. The Morgan fingerprint density at radius 2 is 1.60 bits per heavy atom. The average molecular weight is 198 g/mol. The normalized spacial score (nSPS) is 10.7. The van der Waals surface area contributed by atoms with E-state index in [2.05, 4.69) is 4.65 Å². The van der Waals surface area contributed by atoms with Crippen molar-refractivity contribution in [2.75, 3.05) is 0 Å². The highest BCUT2D eigenvalue weighted by Gasteiger charge is 1.97. The van der Waals surface area contributed by atoms with Gasteiger partial charge in [-0.05, 0) is 34.0 Å². The molecule has 0 atom stereocenters. The molecule has 0 unspecified atom stereocenters. The molecule has 0 aliphatic carbocycles. The van der Waals surface area contributed by atoms with Crippen LogP contribution < -0.4 is 0 Å². The summed E-state index contributed by atoms with van der Waals surface area (Å²) < 4.78 is 4.58. The smallest absolute Gasteiger partial charge is 0.283 e. The fourth-order valence-electron chi connectivity index (χ4n) is 1.63. The molecule has 2 aromatic rings. The third-order valence-electron chi connectivity index (χ3n) is 2.40. The Hall–Kier alpha value is -1.32. The highest BCUT2D eigenvalue weighted by atomic mass is 16.4. The second-order valence-electron chi connectivity index (χ2n) is 3.48. The molecule has 0 aliphatic heterocycles. The molecular formula is C12H11BO2. The zero-order chi connectivity index (χ0) is 10.7. The van der Waals surface area contributed by atoms with Gasteiger partial charge in [0.05, 0.1) is 13.2 Å². The summed E-state index contributed by atoms with van der Waals surface area (Å²) in [6.45, 7) is 0.487. The number of benzene rings is 2. The largest absolute Gasteiger partial charge is 0.444 e. The number of hydrogen-bond donors (Lipinski definition) is 1. The summed E-state index contributed by atoms with van der Waals surface area (Å²) in [6.07, 6.45) is 0. The first kappa shape index (κ1) is 10.2. The van der Waals surface area contributed by atoms with E-state index in [-0.39, 0.29) is 6.61 Å². The fourth-order valence-corrected chi connectivity index (χ4v) is 1.63. The summed E-state index contributed by atoms with van der Waals surface area (Å²) in [6, 6.07) is 11.9. The maximum absolute atomic E-state index is 9.00. The molecule has 74 valence electrons. The van der Waals surface area contributed by atoms with Gasteiger partial charge < -0.3 is 9.76 Å². The minimum absolute atomic E-state index is 0.0730. The molecule has 2 aromatic carbocycles. The molecule has 0 aliphatic rings. The van der Waals surface area contributed by atoms with Crippen molar-refractivity contribution < 1.29 is 9.76 Å². The van der Waals surface area contributed by atoms with E-state index in [0.717, 1.165) is 21.9 Å². The molecule has 2 radical (unpaired) electrons. The Morgan fingerprint density at radius 3 is 2.20 bits per heavy atom. The van der Waals surface area contributed by atoms with Crippen molar-refractivity contribution in [3.8, 4) is 0 Å². The zero-order valence-corrected chi connectivity index (χ0v) is 8.31. The van der Waals surface area contributed by atoms with Crippen molar-refractivity contribution in [1.29, 1.82) is 0 Å². The number of fused-ring (bicyclic) bond motifs is 1. The van der Waals surface area contributed by atoms with Gasteiger partial charge in [-0.1, -0.05) is 24.3 Å². The standard InChI is InChI=1S/C12H11BO2/c13-15-8-10-2-4-11-5-9(7-14)1-3-12(11)6-10/h1-6,14H,7-8H2. The third-order valence-corrected chi connectivity index (χ3v) is 2.40. The van der Waals surface area contributed by atoms with Crippen molar-refractivity contribution in [2.45, 2.75) is 13.2 Å². The monoisotopic (exact) mass is 198 g/mol. The van der Waals surface area contributed by atoms with Gasteiger partial charge in [0.15, 0.2) is 0 Å². The molecule has 1 N–H and O–H groups in total. The van der Waals surface area contributed by atoms with Crippen molar-refractivity contribution in [1.82, 2.24) is 0 Å². The van der Waals surface area contributed by atoms with Gasteiger partial charge in [-0.3, -0.25) is 0 Å². The van der Waals surface area contributed by atoms with Gasteiger partial charge in [-0.25, -0.2) is 0 Å². The Morgan fingerprint density at radius 1 is 1.00 bits per heavy atom. The molecule has 3 heteroatoms. The van der Waals surface area contributed by atoms with Gasteiger partial charge in [-0.15, -0.1) is 0 Å². The quantitative estimate of drug-likeness (QED) is 0.763. The van der Waals surface area contributed by atoms with Gasteiger partial charge in [0, 0.05) is 0 Å². The molecule has 0 saturated heterocycles. The minimum Gasteiger partial charge on any atom is -0.444 e. The molecular weight excluding hydrogens is 187 g/mol. The van der Waals surface area contributed by atoms with Gasteiger partial charge in [-0.2, -0.15) is 0 Å².